The van der Waals surface area contributed by atoms with Crippen LogP contribution in [0.25, 0.3) is 0 Å². The number of nitrogens with one attached hydrogen (secondary N) is 1. The van der Waals surface area contributed by atoms with Gasteiger partial charge in [-0.3, -0.25) is 28.5 Å². The predicted octanol–water partition coefficient (Wildman–Crippen LogP) is -2.61. The molecule has 25 heavy (non-hydrogen) atoms. The lowest BCUT2D eigenvalue weighted by atomic mass is 10.7. The van der Waals surface area contributed by atoms with E-state index in [1.807, 2.05) is 5.32 Å². The van der Waals surface area contributed by atoms with Gasteiger partial charge in [-0.25, -0.2) is 0 Å². The fraction of sp³-hybridized carbons (Fsp3) is 1.00. The average molecular weight is 454 g/mol. The minimum Gasteiger partial charge on any atom is -0.395 e. The number of nitrogens with zero attached hydrogens (tertiary/aromatic N) is 1. The Hall–Kier alpha value is 0.480. The molecule has 0 atom stereocenters. The molecule has 15 nitrogen and oxygen atoms in total. The molecule has 10 N–H and O–H groups in total. The van der Waals surface area contributed by atoms with Crippen molar-refractivity contribution in [2.75, 3.05) is 27.2 Å². The van der Waals surface area contributed by atoms with Crippen LogP contribution in [0.5, 0.6) is 0 Å². The van der Waals surface area contributed by atoms with Gasteiger partial charge in [-0.2, -0.15) is 0 Å². The molecule has 0 aromatic carbocycles. The van der Waals surface area contributed by atoms with Crippen LogP contribution in [-0.4, -0.2) is 87.4 Å². The summed E-state index contributed by atoms with van der Waals surface area (Å²) >= 11 is 0. The summed E-state index contributed by atoms with van der Waals surface area (Å²) in [5.74, 6) is 0. The van der Waals surface area contributed by atoms with E-state index in [2.05, 4.69) is 0 Å². The number of aliphatic hydroxyl groups excluding tert-OH is 1. The van der Waals surface area contributed by atoms with E-state index >= 15 is 0 Å². The van der Waals surface area contributed by atoms with Crippen LogP contribution >= 0.6 is 30.4 Å². The molecule has 0 fully saturated rings. The summed E-state index contributed by atoms with van der Waals surface area (Å²) in [6, 6.07) is 0. The Bertz CT molecular complexity index is 541. The highest BCUT2D eigenvalue weighted by Crippen LogP contribution is 2.60. The third-order valence-electron chi connectivity index (χ3n) is 2.14. The van der Waals surface area contributed by atoms with Crippen LogP contribution in [0.2, 0.25) is 0 Å². The predicted molar refractivity (Wildman–Crippen MR) is 84.5 cm³/mol. The maximum absolute atomic E-state index is 10.6. The summed E-state index contributed by atoms with van der Waals surface area (Å²) in [4.78, 5) is 69.1. The first-order chi connectivity index (χ1) is 10.8. The highest BCUT2D eigenvalue weighted by atomic mass is 31.2. The van der Waals surface area contributed by atoms with Gasteiger partial charge in [-0.1, -0.05) is 0 Å². The Morgan fingerprint density at radius 3 is 1.20 bits per heavy atom. The number of hydrogen-bond acceptors (Lipinski definition) is 7. The minimum absolute atomic E-state index is 0.305. The molecule has 0 unspecified atom stereocenters. The molecule has 19 heteroatoms. The van der Waals surface area contributed by atoms with E-state index in [1.54, 1.807) is 0 Å². The summed E-state index contributed by atoms with van der Waals surface area (Å²) in [5.41, 5.74) is -4.29. The van der Waals surface area contributed by atoms with E-state index in [0.717, 1.165) is 4.90 Å². The van der Waals surface area contributed by atoms with Gasteiger partial charge < -0.3 is 44.3 Å². The van der Waals surface area contributed by atoms with Gasteiger partial charge in [0.15, 0.2) is 0 Å². The van der Waals surface area contributed by atoms with Gasteiger partial charge in [0.2, 0.25) is 11.0 Å². The van der Waals surface area contributed by atoms with E-state index in [1.165, 1.54) is 14.1 Å². The molecule has 0 spiro atoms. The summed E-state index contributed by atoms with van der Waals surface area (Å²) < 4.78 is 42.2. The molecule has 154 valence electrons. The zero-order valence-electron chi connectivity index (χ0n) is 13.0. The smallest absolute Gasteiger partial charge is 0.354 e. The topological polar surface area (TPSA) is 266 Å². The second-order valence-electron chi connectivity index (χ2n) is 4.72. The van der Waals surface area contributed by atoms with Crippen LogP contribution in [0.3, 0.4) is 0 Å². The summed E-state index contributed by atoms with van der Waals surface area (Å²) in [6.45, 7) is -0.780. The van der Waals surface area contributed by atoms with Gasteiger partial charge in [0.05, 0.1) is 6.61 Å². The fourth-order valence-electron chi connectivity index (χ4n) is 1.43. The van der Waals surface area contributed by atoms with Gasteiger partial charge in [0.25, 0.3) is 0 Å². The molecule has 0 saturated carbocycles. The van der Waals surface area contributed by atoms with Gasteiger partial charge in [-0.15, -0.1) is 0 Å². The molecular weight excluding hydrogens is 432 g/mol. The first-order valence-corrected chi connectivity index (χ1v) is 12.7. The Balaban J connectivity index is 0. The Morgan fingerprint density at radius 2 is 1.08 bits per heavy atom. The summed E-state index contributed by atoms with van der Waals surface area (Å²) in [7, 11) is -17.0. The van der Waals surface area contributed by atoms with Crippen molar-refractivity contribution in [3.8, 4) is 0 Å². The largest absolute Gasteiger partial charge is 0.395 e. The van der Waals surface area contributed by atoms with Crippen LogP contribution in [0.4, 0.5) is 0 Å². The normalized spacial score (nSPS) is 14.0. The average Bonchev–Trinajstić information content (AvgIpc) is 2.20. The summed E-state index contributed by atoms with van der Waals surface area (Å²) in [6.07, 6.45) is 0. The molecular formula is C6H22N2O13P4. The standard InChI is InChI=1S/C3H11NO7P2.C3H11NO6P2/c5-2-1-4-3(12(6,7)8)13(9,10)11;1-4(2)3(11(5,6)7)12(8,9)10/h3-5H,1-2H2,(H2,6,7,8)(H2,9,10,11);3H,1-2H3,(H2,5,6,7)(H2,8,9,10). The van der Waals surface area contributed by atoms with Crippen molar-refractivity contribution in [2.45, 2.75) is 11.0 Å². The van der Waals surface area contributed by atoms with Gasteiger partial charge in [0.1, 0.15) is 0 Å². The molecule has 0 aliphatic rings. The van der Waals surface area contributed by atoms with Crippen LogP contribution in [-0.2, 0) is 18.3 Å². The lowest BCUT2D eigenvalue weighted by Gasteiger charge is -2.25. The number of aliphatic hydroxyl groups is 1. The Kier molecular flexibility index (Phi) is 11.2. The van der Waals surface area contributed by atoms with Crippen molar-refractivity contribution in [3.63, 3.8) is 0 Å². The van der Waals surface area contributed by atoms with Crippen molar-refractivity contribution in [1.29, 1.82) is 0 Å². The van der Waals surface area contributed by atoms with E-state index in [4.69, 9.17) is 44.3 Å². The second-order valence-corrected chi connectivity index (χ2v) is 12.3. The van der Waals surface area contributed by atoms with Crippen molar-refractivity contribution >= 4 is 30.4 Å². The molecule has 0 rings (SSSR count). The second kappa shape index (κ2) is 10.1. The molecule has 0 aliphatic heterocycles. The van der Waals surface area contributed by atoms with Gasteiger partial charge >= 0.3 is 30.4 Å². The van der Waals surface area contributed by atoms with Crippen molar-refractivity contribution in [2.24, 2.45) is 0 Å². The van der Waals surface area contributed by atoms with Gasteiger partial charge in [0, 0.05) is 6.54 Å². The SMILES string of the molecule is CN(C)C(P(=O)(O)O)P(=O)(O)O.O=P(O)(O)C(NCCO)P(=O)(O)O. The molecule has 0 saturated heterocycles. The minimum atomic E-state index is -4.91. The molecule has 0 radical (unpaired) electrons. The Morgan fingerprint density at radius 1 is 0.760 bits per heavy atom. The Labute approximate surface area is 142 Å². The maximum atomic E-state index is 10.6. The first kappa shape index (κ1) is 27.7. The molecule has 0 aromatic rings. The van der Waals surface area contributed by atoms with Crippen LogP contribution < -0.4 is 5.32 Å². The molecule has 0 bridgehead atoms. The van der Waals surface area contributed by atoms with Crippen LogP contribution in [0, 0.1) is 0 Å². The van der Waals surface area contributed by atoms with E-state index in [9.17, 15) is 18.3 Å². The third kappa shape index (κ3) is 11.7. The lowest BCUT2D eigenvalue weighted by Crippen LogP contribution is -2.31. The van der Waals surface area contributed by atoms with E-state index in [0.29, 0.717) is 0 Å². The molecule has 0 amide bonds. The van der Waals surface area contributed by atoms with E-state index in [-0.39, 0.29) is 6.54 Å². The summed E-state index contributed by atoms with van der Waals surface area (Å²) in [5, 5.41) is 10.2. The molecule has 0 aromatic heterocycles. The van der Waals surface area contributed by atoms with Crippen molar-refractivity contribution in [3.05, 3.63) is 0 Å². The lowest BCUT2D eigenvalue weighted by molar-refractivity contribution is 0.278. The van der Waals surface area contributed by atoms with Gasteiger partial charge in [-0.05, 0) is 14.1 Å². The van der Waals surface area contributed by atoms with Crippen molar-refractivity contribution < 1.29 is 62.5 Å². The van der Waals surface area contributed by atoms with Crippen LogP contribution in [0.1, 0.15) is 0 Å². The monoisotopic (exact) mass is 454 g/mol. The quantitative estimate of drug-likeness (QED) is 0.168. The highest BCUT2D eigenvalue weighted by Gasteiger charge is 2.45. The zero-order chi connectivity index (χ0) is 20.9. The molecule has 0 aliphatic carbocycles. The number of rotatable bonds is 8. The zero-order valence-corrected chi connectivity index (χ0v) is 16.5. The fourth-order valence-corrected chi connectivity index (χ4v) is 6.50. The highest BCUT2D eigenvalue weighted by molar-refractivity contribution is 7.71. The first-order valence-electron chi connectivity index (χ1n) is 5.97. The van der Waals surface area contributed by atoms with Crippen molar-refractivity contribution in [1.82, 2.24) is 10.2 Å². The maximum Gasteiger partial charge on any atom is 0.354 e. The number of hydrogen-bond donors (Lipinski definition) is 10. The third-order valence-corrected chi connectivity index (χ3v) is 9.52. The molecule has 0 heterocycles. The van der Waals surface area contributed by atoms with Crippen LogP contribution in [0.15, 0.2) is 0 Å². The van der Waals surface area contributed by atoms with E-state index < -0.39 is 48.0 Å².